The summed E-state index contributed by atoms with van der Waals surface area (Å²) in [6, 6.07) is 11.9. The third-order valence-electron chi connectivity index (χ3n) is 5.46. The quantitative estimate of drug-likeness (QED) is 0.361. The zero-order valence-electron chi connectivity index (χ0n) is 20.6. The van der Waals surface area contributed by atoms with Crippen LogP contribution in [0.15, 0.2) is 58.3 Å². The van der Waals surface area contributed by atoms with Gasteiger partial charge in [-0.05, 0) is 38.8 Å². The van der Waals surface area contributed by atoms with E-state index < -0.39 is 32.4 Å². The van der Waals surface area contributed by atoms with E-state index in [1.54, 1.807) is 20.8 Å². The molecule has 2 heterocycles. The van der Waals surface area contributed by atoms with E-state index in [9.17, 15) is 13.2 Å². The molecule has 1 aliphatic heterocycles. The Labute approximate surface area is 224 Å². The Morgan fingerprint density at radius 3 is 2.65 bits per heavy atom. The summed E-state index contributed by atoms with van der Waals surface area (Å²) < 4.78 is 53.7. The van der Waals surface area contributed by atoms with E-state index in [0.29, 0.717) is 17.3 Å². The number of carbonyl (C=O) groups excluding carboxylic acids is 1. The largest absolute Gasteiger partial charge is 0.487 e. The van der Waals surface area contributed by atoms with Gasteiger partial charge in [0.25, 0.3) is 10.0 Å². The average molecular weight is 568 g/mol. The number of benzene rings is 2. The number of anilines is 1. The molecule has 3 aromatic rings. The second kappa shape index (κ2) is 10.9. The number of sulfonamides is 1. The van der Waals surface area contributed by atoms with E-state index in [1.165, 1.54) is 16.5 Å². The molecule has 1 aliphatic rings. The lowest BCUT2D eigenvalue weighted by molar-refractivity contribution is 0.0608. The van der Waals surface area contributed by atoms with Crippen molar-refractivity contribution in [1.82, 2.24) is 9.88 Å². The molecule has 8 nitrogen and oxygen atoms in total. The van der Waals surface area contributed by atoms with Crippen LogP contribution >= 0.6 is 22.9 Å². The molecule has 1 saturated heterocycles. The highest BCUT2D eigenvalue weighted by atomic mass is 35.5. The maximum atomic E-state index is 15.2. The number of halogens is 2. The molecular weight excluding hydrogens is 541 g/mol. The van der Waals surface area contributed by atoms with Crippen LogP contribution in [0.3, 0.4) is 0 Å². The highest BCUT2D eigenvalue weighted by Gasteiger charge is 2.38. The van der Waals surface area contributed by atoms with Crippen LogP contribution in [0.25, 0.3) is 0 Å². The van der Waals surface area contributed by atoms with E-state index in [1.807, 2.05) is 30.3 Å². The Bertz CT molecular complexity index is 1350. The topological polar surface area (TPSA) is 89.0 Å². The summed E-state index contributed by atoms with van der Waals surface area (Å²) >= 11 is 7.42. The van der Waals surface area contributed by atoms with E-state index >= 15 is 4.39 Å². The number of hydrogen-bond acceptors (Lipinski definition) is 8. The molecule has 0 spiro atoms. The van der Waals surface area contributed by atoms with Gasteiger partial charge in [0.2, 0.25) is 0 Å². The first-order chi connectivity index (χ1) is 17.4. The van der Waals surface area contributed by atoms with Crippen molar-refractivity contribution in [3.63, 3.8) is 0 Å². The van der Waals surface area contributed by atoms with Crippen molar-refractivity contribution in [2.75, 3.05) is 17.4 Å². The van der Waals surface area contributed by atoms with Crippen molar-refractivity contribution >= 4 is 44.9 Å². The van der Waals surface area contributed by atoms with Crippen LogP contribution < -0.4 is 9.04 Å². The standard InChI is InChI=1S/C25H27ClFN3O5S2/c1-25(2,3)35-24(31)30(23-15-36-16-28-23)37(32,33)22-11-19(26)21(12-20(22)27)34-18-9-10-29(14-18)13-17-7-5-4-6-8-17/h4-8,11-12,15-16,18H,9-10,13-14H2,1-3H3/t18-/m0/s1. The molecule has 0 saturated carbocycles. The Morgan fingerprint density at radius 1 is 1.27 bits per heavy atom. The number of hydrogen-bond donors (Lipinski definition) is 0. The molecule has 12 heteroatoms. The van der Waals surface area contributed by atoms with Gasteiger partial charge in [-0.1, -0.05) is 41.9 Å². The molecule has 198 valence electrons. The second-order valence-corrected chi connectivity index (χ2v) is 12.4. The van der Waals surface area contributed by atoms with E-state index in [4.69, 9.17) is 21.1 Å². The van der Waals surface area contributed by atoms with Gasteiger partial charge in [0.05, 0.1) is 10.5 Å². The lowest BCUT2D eigenvalue weighted by Gasteiger charge is -2.26. The molecule has 2 aromatic carbocycles. The molecule has 0 bridgehead atoms. The highest BCUT2D eigenvalue weighted by Crippen LogP contribution is 2.35. The van der Waals surface area contributed by atoms with Crippen molar-refractivity contribution in [3.05, 3.63) is 69.8 Å². The van der Waals surface area contributed by atoms with Gasteiger partial charge in [-0.25, -0.2) is 22.6 Å². The Kier molecular flexibility index (Phi) is 8.08. The van der Waals surface area contributed by atoms with Crippen molar-refractivity contribution in [3.8, 4) is 5.75 Å². The number of aromatic nitrogens is 1. The molecule has 1 aromatic heterocycles. The van der Waals surface area contributed by atoms with Crippen molar-refractivity contribution in [1.29, 1.82) is 0 Å². The van der Waals surface area contributed by atoms with Crippen LogP contribution in [-0.2, 0) is 21.3 Å². The molecule has 1 fully saturated rings. The number of nitrogens with zero attached hydrogens (tertiary/aromatic N) is 3. The first-order valence-corrected chi connectivity index (χ1v) is 14.3. The summed E-state index contributed by atoms with van der Waals surface area (Å²) in [4.78, 5) is 18.2. The average Bonchev–Trinajstić information content (AvgIpc) is 3.48. The van der Waals surface area contributed by atoms with E-state index in [2.05, 4.69) is 9.88 Å². The van der Waals surface area contributed by atoms with Crippen LogP contribution in [0.1, 0.15) is 32.8 Å². The maximum Gasteiger partial charge on any atom is 0.430 e. The fourth-order valence-electron chi connectivity index (χ4n) is 3.88. The summed E-state index contributed by atoms with van der Waals surface area (Å²) in [6.45, 7) is 6.93. The molecule has 0 radical (unpaired) electrons. The van der Waals surface area contributed by atoms with Crippen LogP contribution in [0.2, 0.25) is 5.02 Å². The summed E-state index contributed by atoms with van der Waals surface area (Å²) in [6.07, 6.45) is -0.740. The lowest BCUT2D eigenvalue weighted by Crippen LogP contribution is -2.41. The SMILES string of the molecule is CC(C)(C)OC(=O)N(c1cscn1)S(=O)(=O)c1cc(Cl)c(O[C@H]2CCN(Cc3ccccc3)C2)cc1F. The molecule has 1 atom stereocenters. The molecule has 4 rings (SSSR count). The third-order valence-corrected chi connectivity index (χ3v) is 8.02. The summed E-state index contributed by atoms with van der Waals surface area (Å²) in [7, 11) is -4.76. The van der Waals surface area contributed by atoms with Crippen LogP contribution in [0, 0.1) is 5.82 Å². The van der Waals surface area contributed by atoms with Gasteiger partial charge in [-0.2, -0.15) is 0 Å². The van der Waals surface area contributed by atoms with Gasteiger partial charge < -0.3 is 9.47 Å². The molecular formula is C25H27ClFN3O5S2. The number of amides is 1. The minimum absolute atomic E-state index is 0.0298. The van der Waals surface area contributed by atoms with Crippen molar-refractivity contribution < 1.29 is 27.1 Å². The van der Waals surface area contributed by atoms with Gasteiger partial charge in [0.15, 0.2) is 5.82 Å². The summed E-state index contributed by atoms with van der Waals surface area (Å²) in [5, 5.41) is 1.25. The highest BCUT2D eigenvalue weighted by molar-refractivity contribution is 7.93. The summed E-state index contributed by atoms with van der Waals surface area (Å²) in [5.41, 5.74) is 1.53. The number of thiazole rings is 1. The fraction of sp³-hybridized carbons (Fsp3) is 0.360. The molecule has 1 amide bonds. The normalized spacial score (nSPS) is 16.5. The van der Waals surface area contributed by atoms with Crippen LogP contribution in [0.5, 0.6) is 5.75 Å². The molecule has 37 heavy (non-hydrogen) atoms. The van der Waals surface area contributed by atoms with Gasteiger partial charge in [-0.3, -0.25) is 4.90 Å². The molecule has 0 unspecified atom stereocenters. The van der Waals surface area contributed by atoms with Gasteiger partial charge >= 0.3 is 6.09 Å². The van der Waals surface area contributed by atoms with Crippen molar-refractivity contribution in [2.24, 2.45) is 0 Å². The zero-order valence-corrected chi connectivity index (χ0v) is 22.9. The fourth-order valence-corrected chi connectivity index (χ4v) is 6.09. The molecule has 0 aliphatic carbocycles. The van der Waals surface area contributed by atoms with Crippen molar-refractivity contribution in [2.45, 2.75) is 50.3 Å². The van der Waals surface area contributed by atoms with Crippen LogP contribution in [-0.4, -0.2) is 49.2 Å². The maximum absolute atomic E-state index is 15.2. The Balaban J connectivity index is 1.54. The van der Waals surface area contributed by atoms with Gasteiger partial charge in [0, 0.05) is 31.1 Å². The minimum Gasteiger partial charge on any atom is -0.487 e. The lowest BCUT2D eigenvalue weighted by atomic mass is 10.2. The first-order valence-electron chi connectivity index (χ1n) is 11.5. The smallest absolute Gasteiger partial charge is 0.430 e. The Hall–Kier alpha value is -2.73. The van der Waals surface area contributed by atoms with E-state index in [0.717, 1.165) is 36.6 Å². The number of carbonyl (C=O) groups is 1. The zero-order chi connectivity index (χ0) is 26.8. The minimum atomic E-state index is -4.76. The predicted molar refractivity (Wildman–Crippen MR) is 140 cm³/mol. The number of likely N-dealkylation sites (tertiary alicyclic amines) is 1. The predicted octanol–water partition coefficient (Wildman–Crippen LogP) is 5.72. The second-order valence-electron chi connectivity index (χ2n) is 9.56. The summed E-state index contributed by atoms with van der Waals surface area (Å²) in [5.74, 6) is -1.29. The van der Waals surface area contributed by atoms with Gasteiger partial charge in [-0.15, -0.1) is 15.6 Å². The third kappa shape index (κ3) is 6.59. The monoisotopic (exact) mass is 567 g/mol. The van der Waals surface area contributed by atoms with E-state index in [-0.39, 0.29) is 22.7 Å². The first kappa shape index (κ1) is 27.3. The molecule has 0 N–H and O–H groups in total. The van der Waals surface area contributed by atoms with Crippen LogP contribution in [0.4, 0.5) is 15.0 Å². The number of ether oxygens (including phenoxy) is 2. The Morgan fingerprint density at radius 2 is 2.00 bits per heavy atom. The van der Waals surface area contributed by atoms with Gasteiger partial charge in [0.1, 0.15) is 28.2 Å². The number of rotatable bonds is 7.